The van der Waals surface area contributed by atoms with Crippen LogP contribution in [0.15, 0.2) is 48.7 Å². The Morgan fingerprint density at radius 3 is 2.76 bits per heavy atom. The number of nitro groups is 1. The summed E-state index contributed by atoms with van der Waals surface area (Å²) in [6.07, 6.45) is 8.50. The van der Waals surface area contributed by atoms with E-state index >= 15 is 0 Å². The third-order valence-electron chi connectivity index (χ3n) is 10.5. The molecule has 49 heavy (non-hydrogen) atoms. The fourth-order valence-electron chi connectivity index (χ4n) is 7.91. The molecule has 3 aromatic rings. The zero-order valence-corrected chi connectivity index (χ0v) is 29.1. The van der Waals surface area contributed by atoms with Crippen molar-refractivity contribution < 1.29 is 14.5 Å². The van der Waals surface area contributed by atoms with E-state index in [1.165, 1.54) is 44.0 Å². The number of nitrogens with zero attached hydrogens (tertiary/aromatic N) is 5. The molecule has 1 amide bonds. The molecule has 3 fully saturated rings. The van der Waals surface area contributed by atoms with E-state index in [-0.39, 0.29) is 11.6 Å². The normalized spacial score (nSPS) is 22.1. The van der Waals surface area contributed by atoms with Gasteiger partial charge in [-0.25, -0.2) is 4.98 Å². The number of rotatable bonds is 14. The lowest BCUT2D eigenvalue weighted by Crippen LogP contribution is -2.47. The molecule has 2 heterocycles. The van der Waals surface area contributed by atoms with E-state index in [0.717, 1.165) is 68.8 Å². The minimum Gasteiger partial charge on any atom is -0.494 e. The number of nitrogens with one attached hydrogen (secondary N) is 3. The monoisotopic (exact) mass is 690 g/mol. The van der Waals surface area contributed by atoms with Gasteiger partial charge in [-0.15, -0.1) is 0 Å². The number of hydrogen-bond donors (Lipinski definition) is 3. The number of carbonyl (C=O) groups excluding carboxylic acids is 1. The van der Waals surface area contributed by atoms with Crippen molar-refractivity contribution in [3.8, 4) is 5.75 Å². The highest BCUT2D eigenvalue weighted by atomic mass is 35.5. The molecule has 262 valence electrons. The minimum atomic E-state index is -0.423. The smallest absolute Gasteiger partial charge is 0.269 e. The van der Waals surface area contributed by atoms with Crippen molar-refractivity contribution in [1.29, 1.82) is 0 Å². The summed E-state index contributed by atoms with van der Waals surface area (Å²) in [5.41, 5.74) is 2.54. The summed E-state index contributed by atoms with van der Waals surface area (Å²) in [7, 11) is 1.63. The number of fused-ring (bicyclic) bond motifs is 2. The fourth-order valence-corrected chi connectivity index (χ4v) is 8.07. The van der Waals surface area contributed by atoms with Crippen molar-refractivity contribution in [3.63, 3.8) is 0 Å². The van der Waals surface area contributed by atoms with E-state index in [9.17, 15) is 14.9 Å². The second-order valence-corrected chi connectivity index (χ2v) is 14.1. The summed E-state index contributed by atoms with van der Waals surface area (Å²) in [4.78, 5) is 37.1. The summed E-state index contributed by atoms with van der Waals surface area (Å²) in [5.74, 6) is 4.55. The van der Waals surface area contributed by atoms with Gasteiger partial charge in [0.1, 0.15) is 10.8 Å². The Hall–Kier alpha value is -4.16. The summed E-state index contributed by atoms with van der Waals surface area (Å²) in [6.45, 7) is 8.11. The number of carbonyl (C=O) groups is 1. The van der Waals surface area contributed by atoms with Gasteiger partial charge >= 0.3 is 0 Å². The van der Waals surface area contributed by atoms with Crippen LogP contribution in [0, 0.1) is 33.8 Å². The van der Waals surface area contributed by atoms with Crippen molar-refractivity contribution in [2.75, 3.05) is 61.9 Å². The van der Waals surface area contributed by atoms with Crippen LogP contribution in [0.5, 0.6) is 5.75 Å². The largest absolute Gasteiger partial charge is 0.494 e. The maximum atomic E-state index is 12.7. The number of methoxy groups -OCH3 is 1. The number of nitro benzene ring substituents is 1. The molecule has 0 radical (unpaired) electrons. The van der Waals surface area contributed by atoms with Crippen LogP contribution in [0.4, 0.5) is 28.8 Å². The van der Waals surface area contributed by atoms with Gasteiger partial charge in [0.15, 0.2) is 5.82 Å². The molecule has 2 bridgehead atoms. The van der Waals surface area contributed by atoms with E-state index in [2.05, 4.69) is 48.7 Å². The first-order valence-electron chi connectivity index (χ1n) is 17.4. The standard InChI is InChI=1S/C36H47ClN8O4/c1-24-17-25-7-8-27(18-25)30(24)21-34(46)38-11-4-12-43-13-15-44(16-14-43)28-9-10-32(33(20-28)49-2)41-36-40-23-31(37)35(42-36)39-22-26-5-3-6-29(19-26)45(47)48/h3,5-6,9-10,19-20,23-25,27,30H,4,7-8,11-18,21-22H2,1-2H3,(H,38,46)(H2,39,40,41,42)/t24-,25-,27-,30?/m1/s1. The molecule has 1 aliphatic heterocycles. The molecule has 3 aliphatic rings. The molecule has 1 aromatic heterocycles. The van der Waals surface area contributed by atoms with Gasteiger partial charge in [0, 0.05) is 69.6 Å². The van der Waals surface area contributed by atoms with Crippen molar-refractivity contribution in [2.45, 2.75) is 52.0 Å². The molecular formula is C36H47ClN8O4. The average Bonchev–Trinajstić information content (AvgIpc) is 3.51. The average molecular weight is 691 g/mol. The summed E-state index contributed by atoms with van der Waals surface area (Å²) < 4.78 is 5.73. The lowest BCUT2D eigenvalue weighted by Gasteiger charge is -2.36. The van der Waals surface area contributed by atoms with Crippen LogP contribution < -0.4 is 25.6 Å². The Bertz CT molecular complexity index is 1620. The zero-order valence-electron chi connectivity index (χ0n) is 28.4. The number of anilines is 4. The molecule has 3 N–H and O–H groups in total. The third-order valence-corrected chi connectivity index (χ3v) is 10.8. The number of ether oxygens (including phenoxy) is 1. The molecule has 6 rings (SSSR count). The predicted molar refractivity (Wildman–Crippen MR) is 193 cm³/mol. The molecule has 2 aromatic carbocycles. The van der Waals surface area contributed by atoms with Gasteiger partial charge in [-0.2, -0.15) is 4.98 Å². The number of piperazine rings is 1. The van der Waals surface area contributed by atoms with E-state index in [4.69, 9.17) is 16.3 Å². The van der Waals surface area contributed by atoms with Gasteiger partial charge in [-0.05, 0) is 73.6 Å². The Balaban J connectivity index is 0.951. The van der Waals surface area contributed by atoms with Gasteiger partial charge in [0.2, 0.25) is 11.9 Å². The minimum absolute atomic E-state index is 0.0235. The lowest BCUT2D eigenvalue weighted by atomic mass is 9.71. The van der Waals surface area contributed by atoms with Crippen LogP contribution in [0.2, 0.25) is 5.02 Å². The van der Waals surface area contributed by atoms with Crippen LogP contribution in [0.3, 0.4) is 0 Å². The second-order valence-electron chi connectivity index (χ2n) is 13.7. The highest BCUT2D eigenvalue weighted by Crippen LogP contribution is 2.49. The van der Waals surface area contributed by atoms with E-state index in [1.807, 2.05) is 12.1 Å². The van der Waals surface area contributed by atoms with Gasteiger partial charge in [0.05, 0.1) is 23.9 Å². The Kier molecular flexibility index (Phi) is 11.4. The highest BCUT2D eigenvalue weighted by Gasteiger charge is 2.40. The molecule has 4 atom stereocenters. The molecule has 1 unspecified atom stereocenters. The van der Waals surface area contributed by atoms with Crippen molar-refractivity contribution in [2.24, 2.45) is 23.7 Å². The lowest BCUT2D eigenvalue weighted by molar-refractivity contribution is -0.384. The zero-order chi connectivity index (χ0) is 34.3. The van der Waals surface area contributed by atoms with Crippen LogP contribution in [-0.2, 0) is 11.3 Å². The number of hydrogen-bond acceptors (Lipinski definition) is 10. The second kappa shape index (κ2) is 16.0. The summed E-state index contributed by atoms with van der Waals surface area (Å²) >= 11 is 6.34. The first kappa shape index (κ1) is 34.7. The Labute approximate surface area is 293 Å². The van der Waals surface area contributed by atoms with E-state index in [1.54, 1.807) is 19.2 Å². The maximum Gasteiger partial charge on any atom is 0.269 e. The van der Waals surface area contributed by atoms with E-state index in [0.29, 0.717) is 53.0 Å². The Morgan fingerprint density at radius 1 is 1.12 bits per heavy atom. The summed E-state index contributed by atoms with van der Waals surface area (Å²) in [5, 5.41) is 21.0. The molecule has 2 saturated carbocycles. The van der Waals surface area contributed by atoms with Gasteiger partial charge < -0.3 is 25.6 Å². The van der Waals surface area contributed by atoms with E-state index < -0.39 is 4.92 Å². The molecular weight excluding hydrogens is 644 g/mol. The third kappa shape index (κ3) is 8.90. The molecule has 12 nitrogen and oxygen atoms in total. The van der Waals surface area contributed by atoms with Crippen LogP contribution >= 0.6 is 11.6 Å². The van der Waals surface area contributed by atoms with Crippen molar-refractivity contribution >= 4 is 46.3 Å². The Morgan fingerprint density at radius 2 is 1.96 bits per heavy atom. The number of benzene rings is 2. The number of amides is 1. The molecule has 1 saturated heterocycles. The number of halogens is 1. The summed E-state index contributed by atoms with van der Waals surface area (Å²) in [6, 6.07) is 12.4. The molecule has 2 aliphatic carbocycles. The molecule has 13 heteroatoms. The number of aromatic nitrogens is 2. The van der Waals surface area contributed by atoms with Crippen LogP contribution in [-0.4, -0.2) is 72.1 Å². The predicted octanol–water partition coefficient (Wildman–Crippen LogP) is 6.49. The molecule has 0 spiro atoms. The first-order chi connectivity index (χ1) is 23.7. The fraction of sp³-hybridized carbons (Fsp3) is 0.528. The van der Waals surface area contributed by atoms with Gasteiger partial charge in [-0.3, -0.25) is 19.8 Å². The van der Waals surface area contributed by atoms with Gasteiger partial charge in [-0.1, -0.05) is 37.1 Å². The van der Waals surface area contributed by atoms with Crippen LogP contribution in [0.1, 0.15) is 51.0 Å². The van der Waals surface area contributed by atoms with Gasteiger partial charge in [0.25, 0.3) is 5.69 Å². The number of non-ortho nitro benzene ring substituents is 1. The SMILES string of the molecule is COc1cc(N2CCN(CCCNC(=O)CC3[C@@H]4CC[C@@H](C4)C[C@H]3C)CC2)ccc1Nc1ncc(Cl)c(NCc2cccc([N+](=O)[O-])c2)n1. The first-order valence-corrected chi connectivity index (χ1v) is 17.8. The van der Waals surface area contributed by atoms with Crippen LogP contribution in [0.25, 0.3) is 0 Å². The van der Waals surface area contributed by atoms with Crippen molar-refractivity contribution in [1.82, 2.24) is 20.2 Å². The topological polar surface area (TPSA) is 138 Å². The maximum absolute atomic E-state index is 12.7. The van der Waals surface area contributed by atoms with Crippen molar-refractivity contribution in [3.05, 3.63) is 69.4 Å². The quantitative estimate of drug-likeness (QED) is 0.0977. The highest BCUT2D eigenvalue weighted by molar-refractivity contribution is 6.32.